The molecule has 0 unspecified atom stereocenters. The number of esters is 1. The number of hydrogen-bond acceptors (Lipinski definition) is 9. The number of nitriles is 1. The highest BCUT2D eigenvalue weighted by atomic mass is 35.5. The van der Waals surface area contributed by atoms with Gasteiger partial charge in [-0.05, 0) is 61.9 Å². The topological polar surface area (TPSA) is 112 Å². The minimum absolute atomic E-state index is 0.149. The predicted molar refractivity (Wildman–Crippen MR) is 167 cm³/mol. The van der Waals surface area contributed by atoms with Gasteiger partial charge in [-0.2, -0.15) is 5.26 Å². The fraction of sp³-hybridized carbons (Fsp3) is 0.212. The van der Waals surface area contributed by atoms with Crippen molar-refractivity contribution in [1.82, 2.24) is 4.57 Å². The number of methoxy groups -OCH3 is 1. The standard InChI is InChI=1S/C33H28ClN3O6S/c1-4-41-27-12-10-20(15-28(27)42-5-2)30-25(32(39)40-3)18-36-33-37(30)31(38)29(44-33)16-23-14-24(34)11-13-26(23)43-19-22-9-7-6-8-21(22)17-35/h6-16,18,30H,4-5,19H2,1-3H3/b29-16+/t30-/m1/s1. The number of carbonyl (C=O) groups is 1. The molecular formula is C33H28ClN3O6S. The van der Waals surface area contributed by atoms with Crippen LogP contribution in [0.15, 0.2) is 82.2 Å². The molecule has 4 aromatic rings. The molecule has 1 aromatic heterocycles. The molecule has 5 rings (SSSR count). The Labute approximate surface area is 262 Å². The lowest BCUT2D eigenvalue weighted by atomic mass is 9.97. The lowest BCUT2D eigenvalue weighted by Crippen LogP contribution is -2.39. The van der Waals surface area contributed by atoms with E-state index >= 15 is 0 Å². The zero-order valence-corrected chi connectivity index (χ0v) is 25.8. The number of ether oxygens (including phenoxy) is 4. The summed E-state index contributed by atoms with van der Waals surface area (Å²) in [6, 6.07) is 18.9. The average Bonchev–Trinajstić information content (AvgIpc) is 3.35. The first-order chi connectivity index (χ1) is 21.4. The number of aromatic nitrogens is 1. The number of rotatable bonds is 10. The van der Waals surface area contributed by atoms with Gasteiger partial charge in [-0.1, -0.05) is 47.2 Å². The maximum absolute atomic E-state index is 14.0. The van der Waals surface area contributed by atoms with Gasteiger partial charge in [-0.3, -0.25) is 9.36 Å². The van der Waals surface area contributed by atoms with Crippen molar-refractivity contribution in [1.29, 1.82) is 5.26 Å². The maximum Gasteiger partial charge on any atom is 0.337 e. The van der Waals surface area contributed by atoms with Crippen molar-refractivity contribution in [2.75, 3.05) is 20.3 Å². The third kappa shape index (κ3) is 6.25. The van der Waals surface area contributed by atoms with Gasteiger partial charge in [-0.15, -0.1) is 0 Å². The van der Waals surface area contributed by atoms with E-state index in [-0.39, 0.29) is 17.7 Å². The molecule has 11 heteroatoms. The molecule has 0 aliphatic carbocycles. The average molecular weight is 630 g/mol. The van der Waals surface area contributed by atoms with E-state index in [2.05, 4.69) is 11.1 Å². The summed E-state index contributed by atoms with van der Waals surface area (Å²) >= 11 is 7.51. The van der Waals surface area contributed by atoms with Crippen LogP contribution in [0.3, 0.4) is 0 Å². The van der Waals surface area contributed by atoms with Crippen LogP contribution in [0.1, 0.15) is 42.1 Å². The van der Waals surface area contributed by atoms with E-state index in [0.29, 0.717) is 61.5 Å². The highest BCUT2D eigenvalue weighted by Crippen LogP contribution is 2.35. The van der Waals surface area contributed by atoms with Crippen LogP contribution in [0.2, 0.25) is 5.02 Å². The van der Waals surface area contributed by atoms with Gasteiger partial charge in [0.2, 0.25) is 0 Å². The molecule has 9 nitrogen and oxygen atoms in total. The van der Waals surface area contributed by atoms with Crippen LogP contribution in [0.4, 0.5) is 0 Å². The molecule has 2 heterocycles. The number of carbonyl (C=O) groups excluding carboxylic acids is 1. The second kappa shape index (κ2) is 13.6. The van der Waals surface area contributed by atoms with Gasteiger partial charge >= 0.3 is 5.97 Å². The Balaban J connectivity index is 1.61. The number of nitrogens with zero attached hydrogens (tertiary/aromatic N) is 3. The molecule has 0 spiro atoms. The van der Waals surface area contributed by atoms with E-state index in [0.717, 1.165) is 5.56 Å². The lowest BCUT2D eigenvalue weighted by molar-refractivity contribution is -0.136. The van der Waals surface area contributed by atoms with E-state index in [9.17, 15) is 14.9 Å². The van der Waals surface area contributed by atoms with Crippen molar-refractivity contribution in [3.05, 3.63) is 119 Å². The molecule has 0 saturated heterocycles. The number of halogens is 1. The maximum atomic E-state index is 14.0. The molecule has 0 bridgehead atoms. The molecule has 3 aromatic carbocycles. The molecule has 0 fully saturated rings. The minimum Gasteiger partial charge on any atom is -0.490 e. The SMILES string of the molecule is CCOc1ccc([C@@H]2C(C(=O)OC)=CN=c3s/c(=C/c4cc(Cl)ccc4OCc4ccccc4C#N)c(=O)n32)cc1OCC. The Morgan fingerprint density at radius 1 is 1.05 bits per heavy atom. The van der Waals surface area contributed by atoms with E-state index in [1.807, 2.05) is 26.0 Å². The first-order valence-electron chi connectivity index (χ1n) is 13.8. The number of fused-ring (bicyclic) bond motifs is 1. The van der Waals surface area contributed by atoms with Gasteiger partial charge in [0.05, 0.1) is 48.1 Å². The summed E-state index contributed by atoms with van der Waals surface area (Å²) in [7, 11) is 1.28. The van der Waals surface area contributed by atoms with Gasteiger partial charge in [0.25, 0.3) is 5.56 Å². The van der Waals surface area contributed by atoms with E-state index < -0.39 is 12.0 Å². The Hall–Kier alpha value is -4.85. The van der Waals surface area contributed by atoms with E-state index in [1.54, 1.807) is 54.6 Å². The van der Waals surface area contributed by atoms with Gasteiger partial charge in [-0.25, -0.2) is 9.79 Å². The monoisotopic (exact) mass is 629 g/mol. The highest BCUT2D eigenvalue weighted by Gasteiger charge is 2.31. The van der Waals surface area contributed by atoms with Crippen LogP contribution >= 0.6 is 22.9 Å². The molecule has 0 saturated carbocycles. The summed E-state index contributed by atoms with van der Waals surface area (Å²) in [5.74, 6) is 0.921. The Bertz CT molecular complexity index is 1970. The van der Waals surface area contributed by atoms with Crippen LogP contribution < -0.4 is 29.1 Å². The molecule has 1 aliphatic heterocycles. The summed E-state index contributed by atoms with van der Waals surface area (Å²) in [6.07, 6.45) is 3.12. The van der Waals surface area contributed by atoms with Gasteiger partial charge in [0.15, 0.2) is 16.3 Å². The molecule has 44 heavy (non-hydrogen) atoms. The summed E-state index contributed by atoms with van der Waals surface area (Å²) in [5, 5.41) is 9.90. The first-order valence-corrected chi connectivity index (χ1v) is 15.0. The zero-order valence-electron chi connectivity index (χ0n) is 24.2. The van der Waals surface area contributed by atoms with Crippen LogP contribution in [-0.4, -0.2) is 30.9 Å². The highest BCUT2D eigenvalue weighted by molar-refractivity contribution is 7.07. The normalized spacial score (nSPS) is 14.1. The summed E-state index contributed by atoms with van der Waals surface area (Å²) in [6.45, 7) is 4.74. The largest absolute Gasteiger partial charge is 0.490 e. The van der Waals surface area contributed by atoms with Crippen molar-refractivity contribution in [2.24, 2.45) is 4.99 Å². The number of benzene rings is 3. The smallest absolute Gasteiger partial charge is 0.337 e. The molecule has 0 N–H and O–H groups in total. The van der Waals surface area contributed by atoms with Crippen LogP contribution in [0.5, 0.6) is 17.2 Å². The van der Waals surface area contributed by atoms with Crippen molar-refractivity contribution in [3.63, 3.8) is 0 Å². The molecule has 224 valence electrons. The molecule has 0 amide bonds. The van der Waals surface area contributed by atoms with Gasteiger partial charge in [0.1, 0.15) is 12.4 Å². The minimum atomic E-state index is -0.826. The Kier molecular flexibility index (Phi) is 9.48. The van der Waals surface area contributed by atoms with Crippen molar-refractivity contribution in [2.45, 2.75) is 26.5 Å². The van der Waals surface area contributed by atoms with E-state index in [1.165, 1.54) is 29.2 Å². The fourth-order valence-electron chi connectivity index (χ4n) is 4.80. The fourth-order valence-corrected chi connectivity index (χ4v) is 5.94. The van der Waals surface area contributed by atoms with Crippen LogP contribution in [0.25, 0.3) is 6.08 Å². The molecular weight excluding hydrogens is 602 g/mol. The predicted octanol–water partition coefficient (Wildman–Crippen LogP) is 4.92. The van der Waals surface area contributed by atoms with Crippen LogP contribution in [-0.2, 0) is 16.1 Å². The third-order valence-corrected chi connectivity index (χ3v) is 8.02. The lowest BCUT2D eigenvalue weighted by Gasteiger charge is -2.23. The van der Waals surface area contributed by atoms with Crippen molar-refractivity contribution < 1.29 is 23.7 Å². The molecule has 1 aliphatic rings. The zero-order chi connectivity index (χ0) is 31.2. The number of thiazole rings is 1. The summed E-state index contributed by atoms with van der Waals surface area (Å²) < 4.78 is 24.5. The molecule has 1 atom stereocenters. The van der Waals surface area contributed by atoms with Crippen molar-refractivity contribution >= 4 is 35.0 Å². The van der Waals surface area contributed by atoms with E-state index in [4.69, 9.17) is 30.5 Å². The second-order valence-electron chi connectivity index (χ2n) is 9.49. The quantitative estimate of drug-likeness (QED) is 0.229. The molecule has 0 radical (unpaired) electrons. The van der Waals surface area contributed by atoms with Crippen molar-refractivity contribution in [3.8, 4) is 23.3 Å². The van der Waals surface area contributed by atoms with Gasteiger partial charge < -0.3 is 18.9 Å². The van der Waals surface area contributed by atoms with Gasteiger partial charge in [0, 0.05) is 22.3 Å². The second-order valence-corrected chi connectivity index (χ2v) is 10.9. The summed E-state index contributed by atoms with van der Waals surface area (Å²) in [5.41, 5.74) is 2.27. The van der Waals surface area contributed by atoms with Crippen LogP contribution in [0, 0.1) is 11.3 Å². The number of hydrogen-bond donors (Lipinski definition) is 0. The first kappa shape index (κ1) is 30.6. The Morgan fingerprint density at radius 2 is 1.80 bits per heavy atom. The third-order valence-electron chi connectivity index (χ3n) is 6.79. The Morgan fingerprint density at radius 3 is 2.55 bits per heavy atom. The summed E-state index contributed by atoms with van der Waals surface area (Å²) in [4.78, 5) is 31.8.